The molecule has 8 nitrogen and oxygen atoms in total. The van der Waals surface area contributed by atoms with Crippen LogP contribution in [0, 0.1) is 0 Å². The highest BCUT2D eigenvalue weighted by Gasteiger charge is 2.44. The lowest BCUT2D eigenvalue weighted by molar-refractivity contribution is -0.161. The Morgan fingerprint density at radius 2 is 2.00 bits per heavy atom. The van der Waals surface area contributed by atoms with Crippen LogP contribution in [0.5, 0.6) is 0 Å². The lowest BCUT2D eigenvalue weighted by Crippen LogP contribution is -2.45. The molecule has 1 rings (SSSR count). The van der Waals surface area contributed by atoms with E-state index in [-0.39, 0.29) is 0 Å². The molecule has 22 heavy (non-hydrogen) atoms. The minimum Gasteiger partial charge on any atom is -0.480 e. The molecular formula is C12H18FNO7S. The molecule has 0 spiro atoms. The first-order valence-corrected chi connectivity index (χ1v) is 7.93. The number of aliphatic carboxylic acids is 1. The molecule has 1 amide bonds. The summed E-state index contributed by atoms with van der Waals surface area (Å²) in [5.41, 5.74) is -0.833. The average Bonchev–Trinajstić information content (AvgIpc) is 2.65. The highest BCUT2D eigenvalue weighted by Crippen LogP contribution is 2.23. The van der Waals surface area contributed by atoms with Crippen LogP contribution in [0.25, 0.3) is 0 Å². The SMILES string of the molecule is CC(C)(C)OC(=O)C[C@@H](C(=O)O)N1CC(S(=O)(=O)F)CC1=O. The van der Waals surface area contributed by atoms with Crippen molar-refractivity contribution >= 4 is 28.1 Å². The van der Waals surface area contributed by atoms with E-state index in [0.29, 0.717) is 4.90 Å². The predicted molar refractivity (Wildman–Crippen MR) is 72.0 cm³/mol. The van der Waals surface area contributed by atoms with Gasteiger partial charge in [-0.1, -0.05) is 0 Å². The van der Waals surface area contributed by atoms with E-state index in [4.69, 9.17) is 9.84 Å². The molecule has 0 aromatic carbocycles. The first kappa shape index (κ1) is 18.3. The summed E-state index contributed by atoms with van der Waals surface area (Å²) in [6.45, 7) is 4.17. The van der Waals surface area contributed by atoms with Crippen molar-refractivity contribution in [2.24, 2.45) is 0 Å². The van der Waals surface area contributed by atoms with Crippen molar-refractivity contribution in [3.05, 3.63) is 0 Å². The van der Waals surface area contributed by atoms with Crippen molar-refractivity contribution in [3.8, 4) is 0 Å². The number of rotatable bonds is 5. The van der Waals surface area contributed by atoms with Crippen LogP contribution in [0.15, 0.2) is 0 Å². The number of carboxylic acid groups (broad SMARTS) is 1. The molecule has 1 N–H and O–H groups in total. The Balaban J connectivity index is 2.87. The van der Waals surface area contributed by atoms with Crippen LogP contribution in [0.1, 0.15) is 33.6 Å². The third-order valence-corrected chi connectivity index (χ3v) is 4.07. The number of carbonyl (C=O) groups is 3. The smallest absolute Gasteiger partial charge is 0.327 e. The van der Waals surface area contributed by atoms with E-state index < -0.39 is 64.3 Å². The van der Waals surface area contributed by atoms with Gasteiger partial charge in [0.25, 0.3) is 0 Å². The Morgan fingerprint density at radius 1 is 1.45 bits per heavy atom. The van der Waals surface area contributed by atoms with Crippen LogP contribution in [0.3, 0.4) is 0 Å². The fourth-order valence-corrected chi connectivity index (χ4v) is 2.74. The molecule has 1 saturated heterocycles. The summed E-state index contributed by atoms with van der Waals surface area (Å²) < 4.78 is 39.6. The Bertz CT molecular complexity index is 581. The zero-order valence-electron chi connectivity index (χ0n) is 12.4. The Labute approximate surface area is 127 Å². The van der Waals surface area contributed by atoms with Gasteiger partial charge in [-0.3, -0.25) is 9.59 Å². The average molecular weight is 339 g/mol. The number of hydrogen-bond donors (Lipinski definition) is 1. The first-order valence-electron chi connectivity index (χ1n) is 6.49. The minimum atomic E-state index is -4.96. The molecule has 2 atom stereocenters. The van der Waals surface area contributed by atoms with Gasteiger partial charge in [0.1, 0.15) is 16.9 Å². The second kappa shape index (κ2) is 6.19. The summed E-state index contributed by atoms with van der Waals surface area (Å²) in [7, 11) is -4.96. The van der Waals surface area contributed by atoms with Crippen LogP contribution in [0.4, 0.5) is 3.89 Å². The van der Waals surface area contributed by atoms with Crippen molar-refractivity contribution in [1.29, 1.82) is 0 Å². The van der Waals surface area contributed by atoms with Crippen LogP contribution < -0.4 is 0 Å². The van der Waals surface area contributed by atoms with Crippen molar-refractivity contribution in [2.75, 3.05) is 6.54 Å². The molecule has 0 radical (unpaired) electrons. The van der Waals surface area contributed by atoms with Gasteiger partial charge in [0.15, 0.2) is 0 Å². The normalized spacial score (nSPS) is 20.8. The molecule has 1 unspecified atom stereocenters. The van der Waals surface area contributed by atoms with Gasteiger partial charge in [-0.15, -0.1) is 3.89 Å². The Kier molecular flexibility index (Phi) is 5.16. The second-order valence-electron chi connectivity index (χ2n) is 5.99. The van der Waals surface area contributed by atoms with Gasteiger partial charge in [-0.05, 0) is 20.8 Å². The van der Waals surface area contributed by atoms with Crippen LogP contribution >= 0.6 is 0 Å². The molecule has 0 aromatic rings. The van der Waals surface area contributed by atoms with Gasteiger partial charge in [-0.2, -0.15) is 8.42 Å². The lowest BCUT2D eigenvalue weighted by Gasteiger charge is -2.26. The van der Waals surface area contributed by atoms with Gasteiger partial charge < -0.3 is 14.7 Å². The summed E-state index contributed by atoms with van der Waals surface area (Å²) in [4.78, 5) is 35.4. The molecule has 126 valence electrons. The van der Waals surface area contributed by atoms with Crippen molar-refractivity contribution < 1.29 is 36.5 Å². The number of hydrogen-bond acceptors (Lipinski definition) is 6. The first-order chi connectivity index (χ1) is 9.81. The van der Waals surface area contributed by atoms with Crippen LogP contribution in [-0.2, 0) is 29.3 Å². The van der Waals surface area contributed by atoms with Gasteiger partial charge in [0.05, 0.1) is 6.42 Å². The number of esters is 1. The summed E-state index contributed by atoms with van der Waals surface area (Å²) in [5.74, 6) is -3.17. The zero-order valence-corrected chi connectivity index (χ0v) is 13.2. The van der Waals surface area contributed by atoms with Crippen molar-refractivity contribution in [1.82, 2.24) is 4.90 Å². The summed E-state index contributed by atoms with van der Waals surface area (Å²) in [5, 5.41) is 7.53. The number of carboxylic acids is 1. The maximum atomic E-state index is 12.9. The fraction of sp³-hybridized carbons (Fsp3) is 0.750. The van der Waals surface area contributed by atoms with Gasteiger partial charge in [0, 0.05) is 13.0 Å². The van der Waals surface area contributed by atoms with Gasteiger partial charge in [0.2, 0.25) is 5.91 Å². The third-order valence-electron chi connectivity index (χ3n) is 2.96. The van der Waals surface area contributed by atoms with E-state index in [1.54, 1.807) is 20.8 Å². The maximum absolute atomic E-state index is 12.9. The Morgan fingerprint density at radius 3 is 2.36 bits per heavy atom. The summed E-state index contributed by atoms with van der Waals surface area (Å²) in [6, 6.07) is -1.59. The second-order valence-corrected chi connectivity index (χ2v) is 7.61. The molecule has 0 bridgehead atoms. The quantitative estimate of drug-likeness (QED) is 0.556. The summed E-state index contributed by atoms with van der Waals surface area (Å²) >= 11 is 0. The number of nitrogens with zero attached hydrogens (tertiary/aromatic N) is 1. The molecule has 0 saturated carbocycles. The van der Waals surface area contributed by atoms with E-state index in [0.717, 1.165) is 0 Å². The molecular weight excluding hydrogens is 321 g/mol. The van der Waals surface area contributed by atoms with E-state index in [2.05, 4.69) is 0 Å². The number of halogens is 1. The molecule has 1 heterocycles. The number of amides is 1. The van der Waals surface area contributed by atoms with E-state index in [1.165, 1.54) is 0 Å². The van der Waals surface area contributed by atoms with Crippen LogP contribution in [-0.4, -0.2) is 59.7 Å². The largest absolute Gasteiger partial charge is 0.480 e. The van der Waals surface area contributed by atoms with E-state index in [1.807, 2.05) is 0 Å². The third kappa shape index (κ3) is 4.93. The number of likely N-dealkylation sites (tertiary alicyclic amines) is 1. The molecule has 0 aliphatic carbocycles. The Hall–Kier alpha value is -1.71. The molecule has 0 aromatic heterocycles. The lowest BCUT2D eigenvalue weighted by atomic mass is 10.1. The minimum absolute atomic E-state index is 0.600. The highest BCUT2D eigenvalue weighted by atomic mass is 32.3. The van der Waals surface area contributed by atoms with E-state index in [9.17, 15) is 26.7 Å². The van der Waals surface area contributed by atoms with E-state index >= 15 is 0 Å². The molecule has 10 heteroatoms. The molecule has 1 aliphatic rings. The predicted octanol–water partition coefficient (Wildman–Crippen LogP) is 0.0716. The topological polar surface area (TPSA) is 118 Å². The monoisotopic (exact) mass is 339 g/mol. The fourth-order valence-electron chi connectivity index (χ4n) is 2.06. The van der Waals surface area contributed by atoms with Crippen molar-refractivity contribution in [2.45, 2.75) is 50.5 Å². The van der Waals surface area contributed by atoms with Crippen LogP contribution in [0.2, 0.25) is 0 Å². The highest BCUT2D eigenvalue weighted by molar-refractivity contribution is 7.87. The van der Waals surface area contributed by atoms with Gasteiger partial charge in [-0.25, -0.2) is 4.79 Å². The maximum Gasteiger partial charge on any atom is 0.327 e. The zero-order chi connectivity index (χ0) is 17.3. The summed E-state index contributed by atoms with van der Waals surface area (Å²) in [6.07, 6.45) is -1.28. The standard InChI is InChI=1S/C12H18FNO7S/c1-12(2,3)21-10(16)5-8(11(17)18)14-6-7(4-9(14)15)22(13,19)20/h7-8H,4-6H2,1-3H3,(H,17,18)/t7?,8-/m0/s1. The van der Waals surface area contributed by atoms with Crippen molar-refractivity contribution in [3.63, 3.8) is 0 Å². The molecule has 1 fully saturated rings. The number of carbonyl (C=O) groups excluding carboxylic acids is 2. The number of ether oxygens (including phenoxy) is 1. The molecule has 1 aliphatic heterocycles. The van der Waals surface area contributed by atoms with Gasteiger partial charge >= 0.3 is 22.2 Å².